The zero-order valence-electron chi connectivity index (χ0n) is 15.4. The van der Waals surface area contributed by atoms with Crippen LogP contribution in [-0.2, 0) is 0 Å². The summed E-state index contributed by atoms with van der Waals surface area (Å²) in [6.45, 7) is 1.76. The molecule has 0 aliphatic rings. The molecular formula is C20H17FN6O2. The van der Waals surface area contributed by atoms with Crippen LogP contribution in [0, 0.1) is 24.1 Å². The predicted octanol–water partition coefficient (Wildman–Crippen LogP) is 3.41. The molecule has 0 saturated carbocycles. The summed E-state index contributed by atoms with van der Waals surface area (Å²) < 4.78 is 19.5. The summed E-state index contributed by atoms with van der Waals surface area (Å²) in [5.74, 6) is -0.519. The third-order valence-electron chi connectivity index (χ3n) is 3.88. The van der Waals surface area contributed by atoms with Crippen molar-refractivity contribution in [2.75, 3.05) is 17.2 Å². The van der Waals surface area contributed by atoms with Crippen LogP contribution >= 0.6 is 0 Å². The van der Waals surface area contributed by atoms with Crippen LogP contribution in [0.4, 0.5) is 27.5 Å². The maximum atomic E-state index is 14.2. The lowest BCUT2D eigenvalue weighted by molar-refractivity contribution is 0.100. The summed E-state index contributed by atoms with van der Waals surface area (Å²) in [6, 6.07) is 13.5. The number of nitrogens with two attached hydrogens (primary N) is 1. The number of aryl methyl sites for hydroxylation is 1. The van der Waals surface area contributed by atoms with Crippen LogP contribution < -0.4 is 21.1 Å². The van der Waals surface area contributed by atoms with Gasteiger partial charge in [-0.05, 0) is 48.9 Å². The summed E-state index contributed by atoms with van der Waals surface area (Å²) >= 11 is 0. The van der Waals surface area contributed by atoms with Gasteiger partial charge in [0.2, 0.25) is 11.9 Å². The van der Waals surface area contributed by atoms with E-state index in [1.807, 2.05) is 13.0 Å². The number of aromatic nitrogens is 2. The molecule has 0 spiro atoms. The Kier molecular flexibility index (Phi) is 5.85. The number of amides is 1. The molecule has 1 amide bonds. The Morgan fingerprint density at radius 2 is 2.03 bits per heavy atom. The molecule has 0 bridgehead atoms. The first-order valence-electron chi connectivity index (χ1n) is 8.53. The fourth-order valence-electron chi connectivity index (χ4n) is 2.53. The molecule has 29 heavy (non-hydrogen) atoms. The molecule has 1 heterocycles. The average Bonchev–Trinajstić information content (AvgIpc) is 2.70. The smallest absolute Gasteiger partial charge is 0.248 e. The summed E-state index contributed by atoms with van der Waals surface area (Å²) in [5, 5.41) is 14.4. The second kappa shape index (κ2) is 8.67. The van der Waals surface area contributed by atoms with E-state index in [0.29, 0.717) is 22.7 Å². The molecule has 0 saturated heterocycles. The molecule has 3 rings (SSSR count). The Morgan fingerprint density at radius 3 is 2.76 bits per heavy atom. The van der Waals surface area contributed by atoms with Gasteiger partial charge in [-0.2, -0.15) is 10.2 Å². The van der Waals surface area contributed by atoms with E-state index in [1.54, 1.807) is 42.5 Å². The Bertz CT molecular complexity index is 1100. The van der Waals surface area contributed by atoms with Crippen LogP contribution in [0.3, 0.4) is 0 Å². The molecule has 2 aromatic carbocycles. The minimum absolute atomic E-state index is 0.0290. The van der Waals surface area contributed by atoms with E-state index in [-0.39, 0.29) is 18.4 Å². The molecule has 8 nitrogen and oxygen atoms in total. The number of hydrogen-bond acceptors (Lipinski definition) is 7. The zero-order chi connectivity index (χ0) is 20.8. The van der Waals surface area contributed by atoms with Gasteiger partial charge in [0.05, 0.1) is 6.20 Å². The number of nitriles is 1. The summed E-state index contributed by atoms with van der Waals surface area (Å²) in [5.41, 5.74) is 7.50. The number of primary amides is 1. The van der Waals surface area contributed by atoms with Crippen molar-refractivity contribution in [1.29, 1.82) is 5.26 Å². The van der Waals surface area contributed by atoms with Crippen molar-refractivity contribution in [2.45, 2.75) is 6.92 Å². The number of anilines is 4. The topological polar surface area (TPSA) is 126 Å². The van der Waals surface area contributed by atoms with Crippen molar-refractivity contribution in [3.05, 3.63) is 65.6 Å². The van der Waals surface area contributed by atoms with E-state index >= 15 is 0 Å². The number of halogens is 1. The first kappa shape index (κ1) is 19.6. The van der Waals surface area contributed by atoms with Gasteiger partial charge in [0, 0.05) is 16.9 Å². The molecule has 3 aromatic rings. The van der Waals surface area contributed by atoms with E-state index in [2.05, 4.69) is 20.6 Å². The van der Waals surface area contributed by atoms with Crippen LogP contribution in [0.2, 0.25) is 0 Å². The lowest BCUT2D eigenvalue weighted by Crippen LogP contribution is -2.11. The van der Waals surface area contributed by atoms with Crippen LogP contribution in [0.25, 0.3) is 0 Å². The van der Waals surface area contributed by atoms with E-state index in [9.17, 15) is 9.18 Å². The number of carbonyl (C=O) groups is 1. The lowest BCUT2D eigenvalue weighted by atomic mass is 10.2. The normalized spacial score (nSPS) is 10.1. The molecule has 0 atom stereocenters. The molecule has 9 heteroatoms. The quantitative estimate of drug-likeness (QED) is 0.562. The third kappa shape index (κ3) is 4.95. The SMILES string of the molecule is Cc1cc(Nc2nc(Nc3cccc(C(N)=O)c3)ncc2F)ccc1OCC#N. The lowest BCUT2D eigenvalue weighted by Gasteiger charge is -2.12. The number of nitrogens with one attached hydrogen (secondary N) is 2. The number of benzene rings is 2. The highest BCUT2D eigenvalue weighted by Gasteiger charge is 2.10. The Hall–Kier alpha value is -4.19. The van der Waals surface area contributed by atoms with Crippen LogP contribution in [0.15, 0.2) is 48.7 Å². The van der Waals surface area contributed by atoms with E-state index in [1.165, 1.54) is 0 Å². The standard InChI is InChI=1S/C20H17FN6O2/c1-12-9-15(5-6-17(12)29-8-7-22)25-19-16(21)11-24-20(27-19)26-14-4-2-3-13(10-14)18(23)28/h2-6,9-11H,8H2,1H3,(H2,23,28)(H2,24,25,26,27). The van der Waals surface area contributed by atoms with Gasteiger partial charge in [0.15, 0.2) is 18.2 Å². The van der Waals surface area contributed by atoms with Crippen LogP contribution in [-0.4, -0.2) is 22.5 Å². The predicted molar refractivity (Wildman–Crippen MR) is 106 cm³/mol. The highest BCUT2D eigenvalue weighted by molar-refractivity contribution is 5.93. The summed E-state index contributed by atoms with van der Waals surface area (Å²) in [7, 11) is 0. The third-order valence-corrected chi connectivity index (χ3v) is 3.88. The van der Waals surface area contributed by atoms with Gasteiger partial charge in [0.25, 0.3) is 0 Å². The van der Waals surface area contributed by atoms with Gasteiger partial charge < -0.3 is 21.1 Å². The molecular weight excluding hydrogens is 375 g/mol. The van der Waals surface area contributed by atoms with Crippen LogP contribution in [0.1, 0.15) is 15.9 Å². The minimum Gasteiger partial charge on any atom is -0.478 e. The largest absolute Gasteiger partial charge is 0.478 e. The zero-order valence-corrected chi connectivity index (χ0v) is 15.4. The fourth-order valence-corrected chi connectivity index (χ4v) is 2.53. The van der Waals surface area contributed by atoms with Crippen molar-refractivity contribution in [3.8, 4) is 11.8 Å². The van der Waals surface area contributed by atoms with Crippen molar-refractivity contribution in [1.82, 2.24) is 9.97 Å². The van der Waals surface area contributed by atoms with Crippen molar-refractivity contribution in [3.63, 3.8) is 0 Å². The number of rotatable bonds is 7. The molecule has 0 aliphatic heterocycles. The monoisotopic (exact) mass is 392 g/mol. The Morgan fingerprint density at radius 1 is 1.24 bits per heavy atom. The van der Waals surface area contributed by atoms with E-state index in [4.69, 9.17) is 15.7 Å². The number of nitrogens with zero attached hydrogens (tertiary/aromatic N) is 3. The van der Waals surface area contributed by atoms with Gasteiger partial charge in [-0.3, -0.25) is 4.79 Å². The molecule has 1 aromatic heterocycles. The van der Waals surface area contributed by atoms with E-state index < -0.39 is 11.7 Å². The van der Waals surface area contributed by atoms with E-state index in [0.717, 1.165) is 11.8 Å². The number of carbonyl (C=O) groups excluding carboxylic acids is 1. The number of ether oxygens (including phenoxy) is 1. The Balaban J connectivity index is 1.79. The molecule has 0 radical (unpaired) electrons. The fraction of sp³-hybridized carbons (Fsp3) is 0.100. The van der Waals surface area contributed by atoms with Gasteiger partial charge >= 0.3 is 0 Å². The van der Waals surface area contributed by atoms with Gasteiger partial charge in [-0.25, -0.2) is 9.37 Å². The number of hydrogen-bond donors (Lipinski definition) is 3. The highest BCUT2D eigenvalue weighted by atomic mass is 19.1. The second-order valence-corrected chi connectivity index (χ2v) is 6.01. The molecule has 4 N–H and O–H groups in total. The van der Waals surface area contributed by atoms with Gasteiger partial charge in [-0.15, -0.1) is 0 Å². The Labute approximate surface area is 166 Å². The molecule has 146 valence electrons. The maximum absolute atomic E-state index is 14.2. The first-order valence-corrected chi connectivity index (χ1v) is 8.53. The second-order valence-electron chi connectivity index (χ2n) is 6.01. The molecule has 0 unspecified atom stereocenters. The molecule has 0 fully saturated rings. The molecule has 0 aliphatic carbocycles. The van der Waals surface area contributed by atoms with Gasteiger partial charge in [-0.1, -0.05) is 6.07 Å². The maximum Gasteiger partial charge on any atom is 0.248 e. The van der Waals surface area contributed by atoms with Crippen LogP contribution in [0.5, 0.6) is 5.75 Å². The summed E-state index contributed by atoms with van der Waals surface area (Å²) in [6.07, 6.45) is 1.03. The minimum atomic E-state index is -0.635. The van der Waals surface area contributed by atoms with Crippen molar-refractivity contribution in [2.24, 2.45) is 5.73 Å². The van der Waals surface area contributed by atoms with Crippen molar-refractivity contribution >= 4 is 29.0 Å². The highest BCUT2D eigenvalue weighted by Crippen LogP contribution is 2.25. The van der Waals surface area contributed by atoms with Crippen molar-refractivity contribution < 1.29 is 13.9 Å². The average molecular weight is 392 g/mol. The summed E-state index contributed by atoms with van der Waals surface area (Å²) in [4.78, 5) is 19.3. The van der Waals surface area contributed by atoms with Gasteiger partial charge in [0.1, 0.15) is 11.8 Å². The first-order chi connectivity index (χ1) is 14.0.